The van der Waals surface area contributed by atoms with Crippen LogP contribution in [0.4, 0.5) is 0 Å². The summed E-state index contributed by atoms with van der Waals surface area (Å²) in [6.45, 7) is 1.84. The van der Waals surface area contributed by atoms with Crippen LogP contribution in [-0.2, 0) is 11.2 Å². The quantitative estimate of drug-likeness (QED) is 0.799. The maximum atomic E-state index is 10.7. The van der Waals surface area contributed by atoms with E-state index in [4.69, 9.17) is 5.11 Å². The zero-order valence-corrected chi connectivity index (χ0v) is 8.73. The third kappa shape index (κ3) is 2.14. The van der Waals surface area contributed by atoms with E-state index >= 15 is 0 Å². The molecule has 1 aromatic rings. The number of nitrogens with zero attached hydrogens (tertiary/aromatic N) is 2. The summed E-state index contributed by atoms with van der Waals surface area (Å²) in [5.41, 5.74) is 2.08. The van der Waals surface area contributed by atoms with Gasteiger partial charge in [-0.05, 0) is 31.7 Å². The fraction of sp³-hybridized carbons (Fsp3) is 0.545. The number of aromatic nitrogens is 2. The summed E-state index contributed by atoms with van der Waals surface area (Å²) < 4.78 is 0. The topological polar surface area (TPSA) is 63.1 Å². The highest BCUT2D eigenvalue weighted by Gasteiger charge is 2.24. The molecule has 0 spiro atoms. The molecule has 1 unspecified atom stereocenters. The lowest BCUT2D eigenvalue weighted by atomic mass is 9.85. The SMILES string of the molecule is Cc1ncc2c(n1)C(CC(=O)O)CCC2. The second-order valence-electron chi connectivity index (χ2n) is 4.01. The standard InChI is InChI=1S/C11H14N2O2/c1-7-12-6-9-4-2-3-8(5-10(14)15)11(9)13-7/h6,8H,2-5H2,1H3,(H,14,15). The largest absolute Gasteiger partial charge is 0.481 e. The molecule has 2 rings (SSSR count). The van der Waals surface area contributed by atoms with E-state index in [-0.39, 0.29) is 12.3 Å². The van der Waals surface area contributed by atoms with Crippen molar-refractivity contribution in [3.8, 4) is 0 Å². The van der Waals surface area contributed by atoms with Crippen LogP contribution >= 0.6 is 0 Å². The molecular weight excluding hydrogens is 192 g/mol. The van der Waals surface area contributed by atoms with Gasteiger partial charge >= 0.3 is 5.97 Å². The number of aryl methyl sites for hydroxylation is 2. The van der Waals surface area contributed by atoms with Crippen molar-refractivity contribution < 1.29 is 9.90 Å². The smallest absolute Gasteiger partial charge is 0.304 e. The lowest BCUT2D eigenvalue weighted by molar-refractivity contribution is -0.137. The van der Waals surface area contributed by atoms with E-state index in [1.165, 1.54) is 0 Å². The van der Waals surface area contributed by atoms with Crippen LogP contribution in [0.15, 0.2) is 6.20 Å². The van der Waals surface area contributed by atoms with Crippen molar-refractivity contribution in [3.63, 3.8) is 0 Å². The van der Waals surface area contributed by atoms with Gasteiger partial charge in [0.1, 0.15) is 5.82 Å². The molecule has 80 valence electrons. The van der Waals surface area contributed by atoms with Crippen LogP contribution in [0.1, 0.15) is 42.3 Å². The van der Waals surface area contributed by atoms with Crippen LogP contribution in [-0.4, -0.2) is 21.0 Å². The van der Waals surface area contributed by atoms with Gasteiger partial charge in [0.2, 0.25) is 0 Å². The number of fused-ring (bicyclic) bond motifs is 1. The molecule has 1 aromatic heterocycles. The Kier molecular flexibility index (Phi) is 2.66. The highest BCUT2D eigenvalue weighted by atomic mass is 16.4. The third-order valence-electron chi connectivity index (χ3n) is 2.82. The predicted octanol–water partition coefficient (Wildman–Crippen LogP) is 1.68. The predicted molar refractivity (Wildman–Crippen MR) is 54.7 cm³/mol. The second kappa shape index (κ2) is 3.96. The lowest BCUT2D eigenvalue weighted by Gasteiger charge is -2.22. The molecule has 0 saturated heterocycles. The molecule has 0 bridgehead atoms. The van der Waals surface area contributed by atoms with Crippen molar-refractivity contribution in [2.45, 2.75) is 38.5 Å². The van der Waals surface area contributed by atoms with Gasteiger partial charge in [0, 0.05) is 12.1 Å². The summed E-state index contributed by atoms with van der Waals surface area (Å²) in [6, 6.07) is 0. The van der Waals surface area contributed by atoms with Crippen LogP contribution < -0.4 is 0 Å². The fourth-order valence-corrected chi connectivity index (χ4v) is 2.14. The average molecular weight is 206 g/mol. The van der Waals surface area contributed by atoms with Gasteiger partial charge in [-0.3, -0.25) is 4.79 Å². The first kappa shape index (κ1) is 10.1. The van der Waals surface area contributed by atoms with Crippen LogP contribution in [0.3, 0.4) is 0 Å². The summed E-state index contributed by atoms with van der Waals surface area (Å²) in [4.78, 5) is 19.2. The van der Waals surface area contributed by atoms with E-state index in [1.807, 2.05) is 13.1 Å². The number of carboxylic acids is 1. The summed E-state index contributed by atoms with van der Waals surface area (Å²) >= 11 is 0. The minimum Gasteiger partial charge on any atom is -0.481 e. The van der Waals surface area contributed by atoms with Gasteiger partial charge in [-0.1, -0.05) is 0 Å². The summed E-state index contributed by atoms with van der Waals surface area (Å²) in [5, 5.41) is 8.82. The summed E-state index contributed by atoms with van der Waals surface area (Å²) in [7, 11) is 0. The molecule has 1 atom stereocenters. The molecule has 0 saturated carbocycles. The molecule has 0 aromatic carbocycles. The number of hydrogen-bond acceptors (Lipinski definition) is 3. The molecule has 0 aliphatic heterocycles. The zero-order chi connectivity index (χ0) is 10.8. The summed E-state index contributed by atoms with van der Waals surface area (Å²) in [6.07, 6.45) is 4.97. The van der Waals surface area contributed by atoms with Crippen molar-refractivity contribution in [2.24, 2.45) is 0 Å². The molecule has 1 N–H and O–H groups in total. The number of rotatable bonds is 2. The maximum Gasteiger partial charge on any atom is 0.304 e. The van der Waals surface area contributed by atoms with Crippen LogP contribution in [0.2, 0.25) is 0 Å². The van der Waals surface area contributed by atoms with E-state index in [2.05, 4.69) is 9.97 Å². The van der Waals surface area contributed by atoms with Gasteiger partial charge in [-0.15, -0.1) is 0 Å². The number of hydrogen-bond donors (Lipinski definition) is 1. The number of carbonyl (C=O) groups is 1. The molecule has 1 heterocycles. The van der Waals surface area contributed by atoms with Crippen molar-refractivity contribution in [2.75, 3.05) is 0 Å². The Morgan fingerprint density at radius 1 is 1.67 bits per heavy atom. The Balaban J connectivity index is 2.32. The van der Waals surface area contributed by atoms with Crippen molar-refractivity contribution in [3.05, 3.63) is 23.3 Å². The zero-order valence-electron chi connectivity index (χ0n) is 8.73. The number of aliphatic carboxylic acids is 1. The van der Waals surface area contributed by atoms with Crippen LogP contribution in [0.25, 0.3) is 0 Å². The molecule has 1 aliphatic carbocycles. The minimum absolute atomic E-state index is 0.0768. The second-order valence-corrected chi connectivity index (χ2v) is 4.01. The van der Waals surface area contributed by atoms with Gasteiger partial charge in [0.05, 0.1) is 12.1 Å². The maximum absolute atomic E-state index is 10.7. The van der Waals surface area contributed by atoms with Crippen molar-refractivity contribution in [1.82, 2.24) is 9.97 Å². The molecule has 0 amide bonds. The normalized spacial score (nSPS) is 19.7. The minimum atomic E-state index is -0.746. The van der Waals surface area contributed by atoms with Crippen molar-refractivity contribution in [1.29, 1.82) is 0 Å². The first-order chi connectivity index (χ1) is 7.16. The van der Waals surface area contributed by atoms with Gasteiger partial charge in [-0.2, -0.15) is 0 Å². The molecule has 0 fully saturated rings. The van der Waals surface area contributed by atoms with Crippen LogP contribution in [0, 0.1) is 6.92 Å². The Morgan fingerprint density at radius 2 is 2.47 bits per heavy atom. The molecule has 1 aliphatic rings. The molecule has 4 heteroatoms. The van der Waals surface area contributed by atoms with Gasteiger partial charge in [0.25, 0.3) is 0 Å². The van der Waals surface area contributed by atoms with E-state index in [0.29, 0.717) is 0 Å². The van der Waals surface area contributed by atoms with Gasteiger partial charge < -0.3 is 5.11 Å². The Bertz CT molecular complexity index is 390. The molecule has 4 nitrogen and oxygen atoms in total. The lowest BCUT2D eigenvalue weighted by Crippen LogP contribution is -2.16. The Morgan fingerprint density at radius 3 is 3.20 bits per heavy atom. The van der Waals surface area contributed by atoms with E-state index in [1.54, 1.807) is 0 Å². The first-order valence-corrected chi connectivity index (χ1v) is 5.21. The van der Waals surface area contributed by atoms with Crippen molar-refractivity contribution >= 4 is 5.97 Å². The van der Waals surface area contributed by atoms with Gasteiger partial charge in [-0.25, -0.2) is 9.97 Å². The Labute approximate surface area is 88.4 Å². The van der Waals surface area contributed by atoms with E-state index in [9.17, 15) is 4.79 Å². The summed E-state index contributed by atoms with van der Waals surface area (Å²) in [5.74, 6) is 0.0584. The van der Waals surface area contributed by atoms with E-state index < -0.39 is 5.97 Å². The highest BCUT2D eigenvalue weighted by Crippen LogP contribution is 2.32. The fourth-order valence-electron chi connectivity index (χ4n) is 2.14. The van der Waals surface area contributed by atoms with E-state index in [0.717, 1.165) is 36.3 Å². The van der Waals surface area contributed by atoms with Gasteiger partial charge in [0.15, 0.2) is 0 Å². The van der Waals surface area contributed by atoms with Crippen LogP contribution in [0.5, 0.6) is 0 Å². The molecule has 0 radical (unpaired) electrons. The third-order valence-corrected chi connectivity index (χ3v) is 2.82. The average Bonchev–Trinajstić information content (AvgIpc) is 2.18. The molecular formula is C11H14N2O2. The highest BCUT2D eigenvalue weighted by molar-refractivity contribution is 5.68. The number of carboxylic acid groups (broad SMARTS) is 1. The Hall–Kier alpha value is -1.45. The monoisotopic (exact) mass is 206 g/mol. The first-order valence-electron chi connectivity index (χ1n) is 5.21. The molecule has 15 heavy (non-hydrogen) atoms.